The van der Waals surface area contributed by atoms with Gasteiger partial charge in [-0.3, -0.25) is 0 Å². The van der Waals surface area contributed by atoms with Crippen molar-refractivity contribution in [3.05, 3.63) is 59.3 Å². The maximum absolute atomic E-state index is 13.5. The number of hydrogen-bond acceptors (Lipinski definition) is 2. The lowest BCUT2D eigenvalue weighted by atomic mass is 9.89. The molecule has 0 aliphatic heterocycles. The third kappa shape index (κ3) is 2.56. The van der Waals surface area contributed by atoms with Crippen LogP contribution in [0.3, 0.4) is 0 Å². The lowest BCUT2D eigenvalue weighted by molar-refractivity contribution is 0.0571. The van der Waals surface area contributed by atoms with Crippen molar-refractivity contribution in [1.29, 1.82) is 0 Å². The molecule has 1 atom stereocenters. The molecule has 0 bridgehead atoms. The molecule has 1 N–H and O–H groups in total. The van der Waals surface area contributed by atoms with E-state index in [4.69, 9.17) is 4.42 Å². The fraction of sp³-hybridized carbons (Fsp3) is 0.286. The molecule has 1 aromatic heterocycles. The van der Waals surface area contributed by atoms with E-state index in [2.05, 4.69) is 0 Å². The average molecular weight is 234 g/mol. The first kappa shape index (κ1) is 11.9. The van der Waals surface area contributed by atoms with Crippen molar-refractivity contribution in [3.63, 3.8) is 0 Å². The van der Waals surface area contributed by atoms with E-state index in [0.29, 0.717) is 17.5 Å². The Labute approximate surface area is 99.7 Å². The fourth-order valence-corrected chi connectivity index (χ4v) is 1.82. The number of aliphatic hydroxyl groups is 1. The van der Waals surface area contributed by atoms with Crippen LogP contribution in [0, 0.1) is 12.7 Å². The molecule has 2 nitrogen and oxygen atoms in total. The monoisotopic (exact) mass is 234 g/mol. The van der Waals surface area contributed by atoms with E-state index in [1.807, 2.05) is 0 Å². The minimum atomic E-state index is -1.10. The Balaban J connectivity index is 2.27. The van der Waals surface area contributed by atoms with E-state index in [-0.39, 0.29) is 5.82 Å². The lowest BCUT2D eigenvalue weighted by Gasteiger charge is -2.23. The van der Waals surface area contributed by atoms with Crippen LogP contribution in [0.1, 0.15) is 23.6 Å². The highest BCUT2D eigenvalue weighted by Crippen LogP contribution is 2.26. The molecule has 0 fully saturated rings. The first-order valence-corrected chi connectivity index (χ1v) is 5.49. The zero-order chi connectivity index (χ0) is 12.5. The second-order valence-electron chi connectivity index (χ2n) is 4.55. The van der Waals surface area contributed by atoms with Crippen LogP contribution >= 0.6 is 0 Å². The van der Waals surface area contributed by atoms with E-state index in [9.17, 15) is 9.50 Å². The summed E-state index contributed by atoms with van der Waals surface area (Å²) in [6.45, 7) is 3.37. The van der Waals surface area contributed by atoms with Gasteiger partial charge in [0.25, 0.3) is 0 Å². The fourth-order valence-electron chi connectivity index (χ4n) is 1.82. The molecule has 0 radical (unpaired) electrons. The van der Waals surface area contributed by atoms with Gasteiger partial charge in [0.15, 0.2) is 0 Å². The highest BCUT2D eigenvalue weighted by molar-refractivity contribution is 5.29. The van der Waals surface area contributed by atoms with Crippen LogP contribution in [0.4, 0.5) is 4.39 Å². The number of furan rings is 1. The lowest BCUT2D eigenvalue weighted by Crippen LogP contribution is -2.24. The topological polar surface area (TPSA) is 33.4 Å². The van der Waals surface area contributed by atoms with Crippen molar-refractivity contribution in [3.8, 4) is 0 Å². The normalized spacial score (nSPS) is 14.6. The summed E-state index contributed by atoms with van der Waals surface area (Å²) in [5.74, 6) is -0.296. The summed E-state index contributed by atoms with van der Waals surface area (Å²) in [6, 6.07) is 6.60. The van der Waals surface area contributed by atoms with Gasteiger partial charge < -0.3 is 9.52 Å². The molecule has 1 heterocycles. The summed E-state index contributed by atoms with van der Waals surface area (Å²) >= 11 is 0. The molecule has 0 aliphatic rings. The average Bonchev–Trinajstić information content (AvgIpc) is 2.73. The van der Waals surface area contributed by atoms with E-state index in [1.54, 1.807) is 44.6 Å². The van der Waals surface area contributed by atoms with Gasteiger partial charge >= 0.3 is 0 Å². The Kier molecular flexibility index (Phi) is 3.03. The molecular formula is C14H15FO2. The molecule has 0 saturated carbocycles. The minimum absolute atomic E-state index is 0.296. The second-order valence-corrected chi connectivity index (χ2v) is 4.55. The summed E-state index contributed by atoms with van der Waals surface area (Å²) in [5, 5.41) is 10.4. The van der Waals surface area contributed by atoms with Gasteiger partial charge in [-0.25, -0.2) is 4.39 Å². The molecule has 0 saturated heterocycles. The van der Waals surface area contributed by atoms with Crippen molar-refractivity contribution in [2.24, 2.45) is 0 Å². The van der Waals surface area contributed by atoms with Gasteiger partial charge in [-0.1, -0.05) is 12.1 Å². The molecule has 1 unspecified atom stereocenters. The number of benzene rings is 1. The highest BCUT2D eigenvalue weighted by Gasteiger charge is 2.24. The van der Waals surface area contributed by atoms with Crippen molar-refractivity contribution in [2.75, 3.05) is 0 Å². The molecular weight excluding hydrogens is 219 g/mol. The third-order valence-corrected chi connectivity index (χ3v) is 2.92. The molecule has 0 spiro atoms. The Morgan fingerprint density at radius 1 is 1.35 bits per heavy atom. The quantitative estimate of drug-likeness (QED) is 0.884. The number of aryl methyl sites for hydroxylation is 1. The SMILES string of the molecule is Cc1ccc(C(C)(O)Cc2ccoc2)cc1F. The van der Waals surface area contributed by atoms with Gasteiger partial charge in [-0.2, -0.15) is 0 Å². The van der Waals surface area contributed by atoms with Crippen LogP contribution in [0.5, 0.6) is 0 Å². The standard InChI is InChI=1S/C14H15FO2/c1-10-3-4-12(7-13(10)15)14(2,16)8-11-5-6-17-9-11/h3-7,9,16H,8H2,1-2H3. The van der Waals surface area contributed by atoms with Gasteiger partial charge in [-0.15, -0.1) is 0 Å². The van der Waals surface area contributed by atoms with Gasteiger partial charge in [0.1, 0.15) is 5.82 Å². The van der Waals surface area contributed by atoms with Crippen molar-refractivity contribution in [2.45, 2.75) is 25.9 Å². The first-order valence-electron chi connectivity index (χ1n) is 5.49. The Bertz CT molecular complexity index is 501. The van der Waals surface area contributed by atoms with Crippen LogP contribution < -0.4 is 0 Å². The van der Waals surface area contributed by atoms with Gasteiger partial charge in [-0.05, 0) is 42.7 Å². The van der Waals surface area contributed by atoms with E-state index in [0.717, 1.165) is 5.56 Å². The second kappa shape index (κ2) is 4.34. The van der Waals surface area contributed by atoms with Crippen LogP contribution in [-0.4, -0.2) is 5.11 Å². The minimum Gasteiger partial charge on any atom is -0.472 e. The molecule has 2 aromatic rings. The number of hydrogen-bond donors (Lipinski definition) is 1. The summed E-state index contributed by atoms with van der Waals surface area (Å²) in [6.07, 6.45) is 3.53. The van der Waals surface area contributed by atoms with Crippen molar-refractivity contribution < 1.29 is 13.9 Å². The summed E-state index contributed by atoms with van der Waals surface area (Å²) in [5.41, 5.74) is 0.934. The predicted octanol–water partition coefficient (Wildman–Crippen LogP) is 3.18. The van der Waals surface area contributed by atoms with Crippen molar-refractivity contribution >= 4 is 0 Å². The van der Waals surface area contributed by atoms with E-state index < -0.39 is 5.60 Å². The molecule has 0 aliphatic carbocycles. The maximum atomic E-state index is 13.5. The van der Waals surface area contributed by atoms with Crippen LogP contribution in [0.15, 0.2) is 41.2 Å². The molecule has 1 aromatic carbocycles. The Hall–Kier alpha value is -1.61. The largest absolute Gasteiger partial charge is 0.472 e. The highest BCUT2D eigenvalue weighted by atomic mass is 19.1. The summed E-state index contributed by atoms with van der Waals surface area (Å²) in [4.78, 5) is 0. The zero-order valence-corrected chi connectivity index (χ0v) is 9.90. The van der Waals surface area contributed by atoms with Crippen LogP contribution in [0.25, 0.3) is 0 Å². The summed E-state index contributed by atoms with van der Waals surface area (Å²) < 4.78 is 18.4. The summed E-state index contributed by atoms with van der Waals surface area (Å²) in [7, 11) is 0. The molecule has 90 valence electrons. The van der Waals surface area contributed by atoms with Crippen LogP contribution in [-0.2, 0) is 12.0 Å². The molecule has 3 heteroatoms. The van der Waals surface area contributed by atoms with Gasteiger partial charge in [0.2, 0.25) is 0 Å². The smallest absolute Gasteiger partial charge is 0.126 e. The van der Waals surface area contributed by atoms with Crippen LogP contribution in [0.2, 0.25) is 0 Å². The zero-order valence-electron chi connectivity index (χ0n) is 9.90. The van der Waals surface area contributed by atoms with Crippen molar-refractivity contribution in [1.82, 2.24) is 0 Å². The maximum Gasteiger partial charge on any atom is 0.126 e. The van der Waals surface area contributed by atoms with Gasteiger partial charge in [0.05, 0.1) is 18.1 Å². The number of halogens is 1. The molecule has 2 rings (SSSR count). The Morgan fingerprint density at radius 2 is 2.12 bits per heavy atom. The number of rotatable bonds is 3. The molecule has 17 heavy (non-hydrogen) atoms. The van der Waals surface area contributed by atoms with Gasteiger partial charge in [0, 0.05) is 6.42 Å². The van der Waals surface area contributed by atoms with E-state index in [1.165, 1.54) is 6.07 Å². The molecule has 0 amide bonds. The van der Waals surface area contributed by atoms with E-state index >= 15 is 0 Å². The first-order chi connectivity index (χ1) is 7.99. The predicted molar refractivity (Wildman–Crippen MR) is 63.1 cm³/mol. The Morgan fingerprint density at radius 3 is 2.71 bits per heavy atom. The third-order valence-electron chi connectivity index (χ3n) is 2.92.